The molecule has 0 saturated carbocycles. The molecule has 0 amide bonds. The van der Waals surface area contributed by atoms with E-state index in [1.54, 1.807) is 11.6 Å². The summed E-state index contributed by atoms with van der Waals surface area (Å²) in [6.07, 6.45) is 2.35. The minimum absolute atomic E-state index is 0.0217. The molecule has 0 aliphatic carbocycles. The fraction of sp³-hybridized carbons (Fsp3) is 0.800. The zero-order chi connectivity index (χ0) is 11.4. The average molecular weight is 212 g/mol. The first kappa shape index (κ1) is 12.1. The van der Waals surface area contributed by atoms with Gasteiger partial charge in [0.05, 0.1) is 24.0 Å². The normalized spacial score (nSPS) is 15.6. The molecule has 1 rings (SSSR count). The van der Waals surface area contributed by atoms with Crippen LogP contribution in [0.1, 0.15) is 32.0 Å². The van der Waals surface area contributed by atoms with Gasteiger partial charge in [-0.3, -0.25) is 0 Å². The van der Waals surface area contributed by atoms with Gasteiger partial charge in [-0.2, -0.15) is 0 Å². The molecule has 1 N–H and O–H groups in total. The minimum atomic E-state index is -0.399. The Morgan fingerprint density at radius 1 is 1.53 bits per heavy atom. The summed E-state index contributed by atoms with van der Waals surface area (Å²) in [6, 6.07) is 0.0217. The van der Waals surface area contributed by atoms with Crippen LogP contribution in [0.5, 0.6) is 0 Å². The van der Waals surface area contributed by atoms with Gasteiger partial charge in [0.15, 0.2) is 0 Å². The molecule has 15 heavy (non-hydrogen) atoms. The summed E-state index contributed by atoms with van der Waals surface area (Å²) in [5.41, 5.74) is 0.930. The van der Waals surface area contributed by atoms with Crippen LogP contribution in [0.4, 0.5) is 0 Å². The van der Waals surface area contributed by atoms with E-state index < -0.39 is 6.10 Å². The van der Waals surface area contributed by atoms with Gasteiger partial charge >= 0.3 is 0 Å². The van der Waals surface area contributed by atoms with Crippen molar-refractivity contribution in [3.8, 4) is 0 Å². The Morgan fingerprint density at radius 2 is 2.20 bits per heavy atom. The lowest BCUT2D eigenvalue weighted by Gasteiger charge is -2.17. The molecule has 2 unspecified atom stereocenters. The molecule has 0 aromatic carbocycles. The lowest BCUT2D eigenvalue weighted by Crippen LogP contribution is -2.21. The quantitative estimate of drug-likeness (QED) is 0.779. The third-order valence-electron chi connectivity index (χ3n) is 2.35. The maximum atomic E-state index is 9.56. The molecular formula is C10H20N4O. The van der Waals surface area contributed by atoms with Crippen LogP contribution in [-0.2, 0) is 6.54 Å². The van der Waals surface area contributed by atoms with Gasteiger partial charge in [0, 0.05) is 6.54 Å². The molecule has 0 fully saturated rings. The van der Waals surface area contributed by atoms with Crippen LogP contribution in [0.15, 0.2) is 6.20 Å². The maximum Gasteiger partial charge on any atom is 0.0967 e. The second-order valence-electron chi connectivity index (χ2n) is 4.14. The van der Waals surface area contributed by atoms with E-state index in [-0.39, 0.29) is 6.04 Å². The Hall–Kier alpha value is -0.940. The summed E-state index contributed by atoms with van der Waals surface area (Å²) in [7, 11) is 3.98. The van der Waals surface area contributed by atoms with Gasteiger partial charge in [-0.25, -0.2) is 4.68 Å². The molecule has 0 spiro atoms. The van der Waals surface area contributed by atoms with Gasteiger partial charge in [-0.15, -0.1) is 5.10 Å². The largest absolute Gasteiger partial charge is 0.391 e. The second-order valence-corrected chi connectivity index (χ2v) is 4.14. The summed E-state index contributed by atoms with van der Waals surface area (Å²) in [6.45, 7) is 4.59. The summed E-state index contributed by atoms with van der Waals surface area (Å²) in [5, 5.41) is 17.7. The van der Waals surface area contributed by atoms with Gasteiger partial charge in [0.1, 0.15) is 0 Å². The minimum Gasteiger partial charge on any atom is -0.391 e. The standard InChI is InChI=1S/C10H20N4O/c1-5-10(8(2)15)14-7-9(11-12-14)6-13(3)4/h7-8,10,15H,5-6H2,1-4H3. The highest BCUT2D eigenvalue weighted by molar-refractivity contribution is 4.93. The Labute approximate surface area is 90.7 Å². The van der Waals surface area contributed by atoms with Crippen LogP contribution in [-0.4, -0.2) is 45.2 Å². The van der Waals surface area contributed by atoms with E-state index in [9.17, 15) is 5.11 Å². The molecule has 0 aliphatic heterocycles. The lowest BCUT2D eigenvalue weighted by atomic mass is 10.1. The lowest BCUT2D eigenvalue weighted by molar-refractivity contribution is 0.119. The fourth-order valence-corrected chi connectivity index (χ4v) is 1.62. The Balaban J connectivity index is 2.73. The number of aromatic nitrogens is 3. The molecule has 1 aromatic rings. The van der Waals surface area contributed by atoms with Gasteiger partial charge < -0.3 is 10.0 Å². The van der Waals surface area contributed by atoms with Crippen LogP contribution in [0.25, 0.3) is 0 Å². The van der Waals surface area contributed by atoms with E-state index >= 15 is 0 Å². The van der Waals surface area contributed by atoms with Crippen LogP contribution < -0.4 is 0 Å². The van der Waals surface area contributed by atoms with E-state index in [1.165, 1.54) is 0 Å². The zero-order valence-electron chi connectivity index (χ0n) is 9.88. The van der Waals surface area contributed by atoms with Crippen LogP contribution >= 0.6 is 0 Å². The van der Waals surface area contributed by atoms with Crippen molar-refractivity contribution >= 4 is 0 Å². The Kier molecular flexibility index (Phi) is 4.23. The molecule has 1 aromatic heterocycles. The Morgan fingerprint density at radius 3 is 2.67 bits per heavy atom. The smallest absolute Gasteiger partial charge is 0.0967 e. The molecule has 86 valence electrons. The molecule has 5 heteroatoms. The summed E-state index contributed by atoms with van der Waals surface area (Å²) < 4.78 is 1.75. The topological polar surface area (TPSA) is 54.2 Å². The van der Waals surface area contributed by atoms with E-state index in [0.717, 1.165) is 18.7 Å². The third kappa shape index (κ3) is 3.28. The van der Waals surface area contributed by atoms with Crippen molar-refractivity contribution in [1.29, 1.82) is 0 Å². The Bertz CT molecular complexity index is 295. The SMILES string of the molecule is CCC(C(C)O)n1cc(CN(C)C)nn1. The first-order valence-corrected chi connectivity index (χ1v) is 5.28. The number of aliphatic hydroxyl groups is 1. The second kappa shape index (κ2) is 5.23. The first-order chi connectivity index (χ1) is 7.04. The fourth-order valence-electron chi connectivity index (χ4n) is 1.62. The van der Waals surface area contributed by atoms with E-state index in [4.69, 9.17) is 0 Å². The van der Waals surface area contributed by atoms with Crippen molar-refractivity contribution in [2.24, 2.45) is 0 Å². The van der Waals surface area contributed by atoms with Crippen LogP contribution in [0, 0.1) is 0 Å². The van der Waals surface area contributed by atoms with E-state index in [0.29, 0.717) is 0 Å². The predicted octanol–water partition coefficient (Wildman–Crippen LogP) is 0.672. The number of hydrogen-bond donors (Lipinski definition) is 1. The highest BCUT2D eigenvalue weighted by Crippen LogP contribution is 2.14. The van der Waals surface area contributed by atoms with Crippen molar-refractivity contribution in [2.75, 3.05) is 14.1 Å². The first-order valence-electron chi connectivity index (χ1n) is 5.28. The highest BCUT2D eigenvalue weighted by Gasteiger charge is 2.16. The number of hydrogen-bond acceptors (Lipinski definition) is 4. The maximum absolute atomic E-state index is 9.56. The zero-order valence-corrected chi connectivity index (χ0v) is 9.88. The molecule has 5 nitrogen and oxygen atoms in total. The molecule has 0 radical (unpaired) electrons. The molecule has 1 heterocycles. The van der Waals surface area contributed by atoms with Crippen LogP contribution in [0.3, 0.4) is 0 Å². The number of rotatable bonds is 5. The van der Waals surface area contributed by atoms with Crippen LogP contribution in [0.2, 0.25) is 0 Å². The number of aliphatic hydroxyl groups excluding tert-OH is 1. The van der Waals surface area contributed by atoms with Gasteiger partial charge in [-0.1, -0.05) is 12.1 Å². The highest BCUT2D eigenvalue weighted by atomic mass is 16.3. The molecular weight excluding hydrogens is 192 g/mol. The summed E-state index contributed by atoms with van der Waals surface area (Å²) in [5.74, 6) is 0. The van der Waals surface area contributed by atoms with E-state index in [1.807, 2.05) is 32.1 Å². The average Bonchev–Trinajstić information content (AvgIpc) is 2.52. The monoisotopic (exact) mass is 212 g/mol. The molecule has 2 atom stereocenters. The van der Waals surface area contributed by atoms with Gasteiger partial charge in [0.25, 0.3) is 0 Å². The van der Waals surface area contributed by atoms with Crippen molar-refractivity contribution in [3.63, 3.8) is 0 Å². The molecule has 0 aliphatic rings. The summed E-state index contributed by atoms with van der Waals surface area (Å²) >= 11 is 0. The van der Waals surface area contributed by atoms with Crippen molar-refractivity contribution < 1.29 is 5.11 Å². The summed E-state index contributed by atoms with van der Waals surface area (Å²) in [4.78, 5) is 2.04. The van der Waals surface area contributed by atoms with Crippen molar-refractivity contribution in [1.82, 2.24) is 19.9 Å². The molecule has 0 bridgehead atoms. The predicted molar refractivity (Wildman–Crippen MR) is 58.4 cm³/mol. The third-order valence-corrected chi connectivity index (χ3v) is 2.35. The van der Waals surface area contributed by atoms with Gasteiger partial charge in [-0.05, 0) is 27.4 Å². The molecule has 0 saturated heterocycles. The van der Waals surface area contributed by atoms with Crippen molar-refractivity contribution in [2.45, 2.75) is 39.0 Å². The van der Waals surface area contributed by atoms with Crippen molar-refractivity contribution in [3.05, 3.63) is 11.9 Å². The number of nitrogens with zero attached hydrogens (tertiary/aromatic N) is 4. The van der Waals surface area contributed by atoms with E-state index in [2.05, 4.69) is 10.3 Å². The van der Waals surface area contributed by atoms with Gasteiger partial charge in [0.2, 0.25) is 0 Å².